The molecule has 0 N–H and O–H groups in total. The Labute approximate surface area is 258 Å². The summed E-state index contributed by atoms with van der Waals surface area (Å²) in [6, 6.07) is 52.1. The first-order valence-electron chi connectivity index (χ1n) is 15.6. The van der Waals surface area contributed by atoms with Gasteiger partial charge in [0.2, 0.25) is 0 Å². The van der Waals surface area contributed by atoms with Gasteiger partial charge in [-0.1, -0.05) is 117 Å². The van der Waals surface area contributed by atoms with Crippen molar-refractivity contribution in [2.24, 2.45) is 0 Å². The molecule has 2 heteroatoms. The summed E-state index contributed by atoms with van der Waals surface area (Å²) in [7, 11) is 0. The van der Waals surface area contributed by atoms with Crippen molar-refractivity contribution in [3.63, 3.8) is 0 Å². The molecule has 43 heavy (non-hydrogen) atoms. The van der Waals surface area contributed by atoms with Gasteiger partial charge in [0.1, 0.15) is 0 Å². The minimum Gasteiger partial charge on any atom is -0.310 e. The van der Waals surface area contributed by atoms with Crippen molar-refractivity contribution >= 4 is 59.3 Å². The third-order valence-corrected chi connectivity index (χ3v) is 10.7. The van der Waals surface area contributed by atoms with E-state index in [0.29, 0.717) is 0 Å². The Morgan fingerprint density at radius 1 is 0.442 bits per heavy atom. The van der Waals surface area contributed by atoms with Crippen molar-refractivity contribution in [2.75, 3.05) is 4.90 Å². The minimum absolute atomic E-state index is 0.0819. The highest BCUT2D eigenvalue weighted by molar-refractivity contribution is 7.25. The average molecular weight is 574 g/mol. The summed E-state index contributed by atoms with van der Waals surface area (Å²) in [6.07, 6.45) is 7.67. The van der Waals surface area contributed by atoms with Crippen LogP contribution >= 0.6 is 11.3 Å². The molecule has 1 nitrogen and oxygen atoms in total. The molecule has 0 amide bonds. The molecule has 0 bridgehead atoms. The zero-order valence-electron chi connectivity index (χ0n) is 24.4. The van der Waals surface area contributed by atoms with E-state index in [-0.39, 0.29) is 5.41 Å². The van der Waals surface area contributed by atoms with Crippen molar-refractivity contribution in [1.29, 1.82) is 0 Å². The van der Waals surface area contributed by atoms with Gasteiger partial charge in [-0.15, -0.1) is 11.3 Å². The molecule has 0 unspecified atom stereocenters. The first-order valence-corrected chi connectivity index (χ1v) is 16.5. The fraction of sp³-hybridized carbons (Fsp3) is 0.171. The van der Waals surface area contributed by atoms with Crippen LogP contribution in [0.4, 0.5) is 17.1 Å². The van der Waals surface area contributed by atoms with Gasteiger partial charge in [-0.05, 0) is 83.3 Å². The molecule has 1 aromatic heterocycles. The fourth-order valence-electron chi connectivity index (χ4n) is 7.38. The van der Waals surface area contributed by atoms with Crippen molar-refractivity contribution in [2.45, 2.75) is 43.9 Å². The van der Waals surface area contributed by atoms with Crippen molar-refractivity contribution in [3.8, 4) is 0 Å². The summed E-state index contributed by atoms with van der Waals surface area (Å²) in [5.74, 6) is 0. The topological polar surface area (TPSA) is 3.24 Å². The van der Waals surface area contributed by atoms with Crippen molar-refractivity contribution in [3.05, 3.63) is 151 Å². The van der Waals surface area contributed by atoms with E-state index in [2.05, 4.69) is 144 Å². The SMILES string of the molecule is c1ccc(C2(c3ccc(N(c4ccc5ccccc5c4)c4ccc5sc6ccccc6c5c4)cc3)CCCCCC2)cc1. The van der Waals surface area contributed by atoms with Gasteiger partial charge in [0.15, 0.2) is 0 Å². The van der Waals surface area contributed by atoms with Gasteiger partial charge in [-0.25, -0.2) is 0 Å². The third kappa shape index (κ3) is 4.71. The Morgan fingerprint density at radius 3 is 1.86 bits per heavy atom. The van der Waals surface area contributed by atoms with E-state index in [0.717, 1.165) is 0 Å². The van der Waals surface area contributed by atoms with E-state index in [9.17, 15) is 0 Å². The molecule has 1 saturated carbocycles. The second kappa shape index (κ2) is 11.0. The number of anilines is 3. The van der Waals surface area contributed by atoms with Gasteiger partial charge in [0, 0.05) is 42.6 Å². The Balaban J connectivity index is 1.28. The van der Waals surface area contributed by atoms with Gasteiger partial charge < -0.3 is 4.90 Å². The average Bonchev–Trinajstić information content (AvgIpc) is 3.25. The summed E-state index contributed by atoms with van der Waals surface area (Å²) in [4.78, 5) is 2.43. The number of benzene rings is 6. The smallest absolute Gasteiger partial charge is 0.0468 e. The zero-order valence-corrected chi connectivity index (χ0v) is 25.2. The summed E-state index contributed by atoms with van der Waals surface area (Å²) in [5, 5.41) is 5.17. The maximum absolute atomic E-state index is 2.43. The number of hydrogen-bond acceptors (Lipinski definition) is 2. The van der Waals surface area contributed by atoms with Crippen molar-refractivity contribution in [1.82, 2.24) is 0 Å². The van der Waals surface area contributed by atoms with Gasteiger partial charge in [-0.3, -0.25) is 0 Å². The summed E-state index contributed by atoms with van der Waals surface area (Å²) < 4.78 is 2.67. The highest BCUT2D eigenvalue weighted by Crippen LogP contribution is 2.46. The molecule has 1 fully saturated rings. The molecule has 1 heterocycles. The molecule has 1 aliphatic carbocycles. The number of thiophene rings is 1. The molecular weight excluding hydrogens is 539 g/mol. The normalized spacial score (nSPS) is 15.1. The molecule has 0 saturated heterocycles. The van der Waals surface area contributed by atoms with Gasteiger partial charge >= 0.3 is 0 Å². The molecule has 8 rings (SSSR count). The molecular formula is C41H35NS. The van der Waals surface area contributed by atoms with Gasteiger partial charge in [0.05, 0.1) is 0 Å². The molecule has 0 aliphatic heterocycles. The lowest BCUT2D eigenvalue weighted by atomic mass is 9.69. The summed E-state index contributed by atoms with van der Waals surface area (Å²) in [5.41, 5.74) is 6.55. The van der Waals surface area contributed by atoms with E-state index < -0.39 is 0 Å². The monoisotopic (exact) mass is 573 g/mol. The third-order valence-electron chi connectivity index (χ3n) is 9.57. The molecule has 1 aliphatic rings. The second-order valence-corrected chi connectivity index (χ2v) is 13.1. The van der Waals surface area contributed by atoms with Crippen LogP contribution < -0.4 is 4.90 Å². The predicted molar refractivity (Wildman–Crippen MR) is 186 cm³/mol. The van der Waals surface area contributed by atoms with Crippen LogP contribution in [0.3, 0.4) is 0 Å². The summed E-state index contributed by atoms with van der Waals surface area (Å²) in [6.45, 7) is 0. The van der Waals surface area contributed by atoms with E-state index in [1.54, 1.807) is 0 Å². The Kier molecular flexibility index (Phi) is 6.73. The lowest BCUT2D eigenvalue weighted by Gasteiger charge is -2.35. The lowest BCUT2D eigenvalue weighted by Crippen LogP contribution is -2.27. The maximum atomic E-state index is 2.43. The van der Waals surface area contributed by atoms with Crippen LogP contribution in [0.5, 0.6) is 0 Å². The molecule has 7 aromatic rings. The number of rotatable bonds is 5. The van der Waals surface area contributed by atoms with Crippen LogP contribution in [0.2, 0.25) is 0 Å². The number of fused-ring (bicyclic) bond motifs is 4. The first kappa shape index (κ1) is 26.2. The van der Waals surface area contributed by atoms with Crippen LogP contribution in [0.1, 0.15) is 49.7 Å². The molecule has 6 aromatic carbocycles. The molecule has 0 atom stereocenters. The van der Waals surface area contributed by atoms with Gasteiger partial charge in [0.25, 0.3) is 0 Å². The van der Waals surface area contributed by atoms with Crippen LogP contribution in [0.15, 0.2) is 140 Å². The minimum atomic E-state index is 0.0819. The van der Waals surface area contributed by atoms with E-state index in [4.69, 9.17) is 0 Å². The van der Waals surface area contributed by atoms with Crippen LogP contribution in [0.25, 0.3) is 30.9 Å². The lowest BCUT2D eigenvalue weighted by molar-refractivity contribution is 0.446. The number of nitrogens with zero attached hydrogens (tertiary/aromatic N) is 1. The van der Waals surface area contributed by atoms with Crippen LogP contribution in [0, 0.1) is 0 Å². The standard InChI is InChI=1S/C41H35NS/c1-2-11-27-41(26-10-1,32-14-4-3-5-15-32)33-19-22-34(23-20-33)42(35-21-18-30-12-6-7-13-31(30)28-35)36-24-25-40-38(29-36)37-16-8-9-17-39(37)43-40/h3-9,12-25,28-29H,1-2,10-11,26-27H2. The Hall–Kier alpha value is -4.40. The molecule has 0 radical (unpaired) electrons. The first-order chi connectivity index (χ1) is 21.3. The van der Waals surface area contributed by atoms with E-state index >= 15 is 0 Å². The predicted octanol–water partition coefficient (Wildman–Crippen LogP) is 12.3. The fourth-order valence-corrected chi connectivity index (χ4v) is 8.47. The second-order valence-electron chi connectivity index (χ2n) is 12.1. The van der Waals surface area contributed by atoms with Crippen molar-refractivity contribution < 1.29 is 0 Å². The molecule has 210 valence electrons. The van der Waals surface area contributed by atoms with Gasteiger partial charge in [-0.2, -0.15) is 0 Å². The molecule has 0 spiro atoms. The quantitative estimate of drug-likeness (QED) is 0.185. The highest BCUT2D eigenvalue weighted by Gasteiger charge is 2.34. The van der Waals surface area contributed by atoms with E-state index in [1.807, 2.05) is 11.3 Å². The van der Waals surface area contributed by atoms with E-state index in [1.165, 1.54) is 97.7 Å². The summed E-state index contributed by atoms with van der Waals surface area (Å²) >= 11 is 1.87. The largest absolute Gasteiger partial charge is 0.310 e. The maximum Gasteiger partial charge on any atom is 0.0468 e. The van der Waals surface area contributed by atoms with Crippen LogP contribution in [-0.2, 0) is 5.41 Å². The number of hydrogen-bond donors (Lipinski definition) is 0. The zero-order chi connectivity index (χ0) is 28.6. The Bertz CT molecular complexity index is 2030. The highest BCUT2D eigenvalue weighted by atomic mass is 32.1. The van der Waals surface area contributed by atoms with Crippen LogP contribution in [-0.4, -0.2) is 0 Å². The Morgan fingerprint density at radius 2 is 1.05 bits per heavy atom.